The summed E-state index contributed by atoms with van der Waals surface area (Å²) >= 11 is 5.76. The van der Waals surface area contributed by atoms with Crippen LogP contribution >= 0.6 is 11.6 Å². The highest BCUT2D eigenvalue weighted by Gasteiger charge is 2.18. The van der Waals surface area contributed by atoms with Crippen LogP contribution in [0.5, 0.6) is 0 Å². The van der Waals surface area contributed by atoms with Crippen molar-refractivity contribution in [2.75, 3.05) is 0 Å². The van der Waals surface area contributed by atoms with Crippen LogP contribution in [0.3, 0.4) is 0 Å². The molecular weight excluding hydrogens is 227 g/mol. The quantitative estimate of drug-likeness (QED) is 0.783. The molecule has 0 aliphatic rings. The second kappa shape index (κ2) is 5.44. The lowest BCUT2D eigenvalue weighted by Crippen LogP contribution is -2.19. The standard InChI is InChI=1S/C13H16ClFO/c1-8(2)9(3)13(16)7-10-6-11(14)4-5-12(10)15/h4-6,8-9H,7H2,1-3H3. The zero-order valence-corrected chi connectivity index (χ0v) is 10.5. The number of halogens is 2. The third-order valence-electron chi connectivity index (χ3n) is 2.88. The summed E-state index contributed by atoms with van der Waals surface area (Å²) in [5.41, 5.74) is 0.380. The largest absolute Gasteiger partial charge is 0.299 e. The van der Waals surface area contributed by atoms with Crippen LogP contribution in [0.2, 0.25) is 5.02 Å². The number of Topliss-reactive ketones (excluding diaryl/α,β-unsaturated/α-hetero) is 1. The van der Waals surface area contributed by atoms with Crippen LogP contribution in [0.1, 0.15) is 26.3 Å². The molecule has 1 nitrogen and oxygen atoms in total. The van der Waals surface area contributed by atoms with Crippen molar-refractivity contribution in [2.24, 2.45) is 11.8 Å². The van der Waals surface area contributed by atoms with Gasteiger partial charge in [0.2, 0.25) is 0 Å². The molecule has 0 aliphatic carbocycles. The number of carbonyl (C=O) groups excluding carboxylic acids is 1. The van der Waals surface area contributed by atoms with E-state index in [1.54, 1.807) is 0 Å². The third-order valence-corrected chi connectivity index (χ3v) is 3.12. The zero-order valence-electron chi connectivity index (χ0n) is 9.76. The molecule has 0 N–H and O–H groups in total. The molecule has 16 heavy (non-hydrogen) atoms. The number of carbonyl (C=O) groups is 1. The fourth-order valence-electron chi connectivity index (χ4n) is 1.40. The Kier molecular flexibility index (Phi) is 4.48. The molecule has 0 saturated carbocycles. The van der Waals surface area contributed by atoms with Crippen molar-refractivity contribution in [1.82, 2.24) is 0 Å². The van der Waals surface area contributed by atoms with Gasteiger partial charge in [-0.25, -0.2) is 4.39 Å². The lowest BCUT2D eigenvalue weighted by atomic mass is 9.90. The average molecular weight is 243 g/mol. The fourth-order valence-corrected chi connectivity index (χ4v) is 1.59. The monoisotopic (exact) mass is 242 g/mol. The molecule has 1 aromatic rings. The number of benzene rings is 1. The van der Waals surface area contributed by atoms with Gasteiger partial charge in [-0.2, -0.15) is 0 Å². The number of hydrogen-bond acceptors (Lipinski definition) is 1. The van der Waals surface area contributed by atoms with Gasteiger partial charge in [0.1, 0.15) is 11.6 Å². The smallest absolute Gasteiger partial charge is 0.140 e. The Hall–Kier alpha value is -0.890. The molecule has 1 rings (SSSR count). The van der Waals surface area contributed by atoms with E-state index in [1.807, 2.05) is 20.8 Å². The van der Waals surface area contributed by atoms with Gasteiger partial charge in [0.05, 0.1) is 0 Å². The van der Waals surface area contributed by atoms with Gasteiger partial charge in [0, 0.05) is 17.4 Å². The van der Waals surface area contributed by atoms with Crippen molar-refractivity contribution in [1.29, 1.82) is 0 Å². The van der Waals surface area contributed by atoms with E-state index in [-0.39, 0.29) is 29.9 Å². The predicted octanol–water partition coefficient (Wildman–Crippen LogP) is 3.88. The molecule has 0 aliphatic heterocycles. The van der Waals surface area contributed by atoms with E-state index < -0.39 is 0 Å². The molecule has 0 heterocycles. The molecule has 0 spiro atoms. The summed E-state index contributed by atoms with van der Waals surface area (Å²) in [7, 11) is 0. The highest BCUT2D eigenvalue weighted by Crippen LogP contribution is 2.19. The first kappa shape index (κ1) is 13.2. The van der Waals surface area contributed by atoms with Crippen molar-refractivity contribution < 1.29 is 9.18 Å². The molecule has 3 heteroatoms. The van der Waals surface area contributed by atoms with Gasteiger partial charge < -0.3 is 0 Å². The van der Waals surface area contributed by atoms with E-state index in [4.69, 9.17) is 11.6 Å². The van der Waals surface area contributed by atoms with Gasteiger partial charge in [-0.1, -0.05) is 32.4 Å². The maximum absolute atomic E-state index is 13.4. The lowest BCUT2D eigenvalue weighted by Gasteiger charge is -2.14. The fraction of sp³-hybridized carbons (Fsp3) is 0.462. The van der Waals surface area contributed by atoms with Crippen LogP contribution < -0.4 is 0 Å². The van der Waals surface area contributed by atoms with Crippen molar-refractivity contribution in [3.8, 4) is 0 Å². The highest BCUT2D eigenvalue weighted by atomic mass is 35.5. The first-order chi connectivity index (χ1) is 7.41. The molecule has 88 valence electrons. The van der Waals surface area contributed by atoms with Crippen LogP contribution in [-0.2, 0) is 11.2 Å². The second-order valence-electron chi connectivity index (χ2n) is 4.41. The maximum atomic E-state index is 13.4. The highest BCUT2D eigenvalue weighted by molar-refractivity contribution is 6.30. The van der Waals surface area contributed by atoms with E-state index in [0.717, 1.165) is 0 Å². The van der Waals surface area contributed by atoms with Gasteiger partial charge in [-0.05, 0) is 29.7 Å². The van der Waals surface area contributed by atoms with Crippen LogP contribution in [-0.4, -0.2) is 5.78 Å². The first-order valence-corrected chi connectivity index (χ1v) is 5.76. The summed E-state index contributed by atoms with van der Waals surface area (Å²) in [5, 5.41) is 0.460. The molecule has 1 atom stereocenters. The summed E-state index contributed by atoms with van der Waals surface area (Å²) in [6.45, 7) is 5.84. The Balaban J connectivity index is 2.80. The Morgan fingerprint density at radius 2 is 2.00 bits per heavy atom. The van der Waals surface area contributed by atoms with E-state index >= 15 is 0 Å². The Morgan fingerprint density at radius 1 is 1.38 bits per heavy atom. The predicted molar refractivity (Wildman–Crippen MR) is 64.1 cm³/mol. The Morgan fingerprint density at radius 3 is 2.56 bits per heavy atom. The van der Waals surface area contributed by atoms with Crippen molar-refractivity contribution in [3.05, 3.63) is 34.6 Å². The molecule has 1 aromatic carbocycles. The average Bonchev–Trinajstić information content (AvgIpc) is 2.22. The van der Waals surface area contributed by atoms with Crippen LogP contribution in [0.4, 0.5) is 4.39 Å². The molecular formula is C13H16ClFO. The molecule has 0 aromatic heterocycles. The normalized spacial score (nSPS) is 12.9. The number of rotatable bonds is 4. The summed E-state index contributed by atoms with van der Waals surface area (Å²) in [4.78, 5) is 11.8. The summed E-state index contributed by atoms with van der Waals surface area (Å²) in [6, 6.07) is 4.30. The molecule has 1 unspecified atom stereocenters. The van der Waals surface area contributed by atoms with E-state index in [0.29, 0.717) is 10.6 Å². The Bertz CT molecular complexity index is 388. The van der Waals surface area contributed by atoms with Crippen molar-refractivity contribution >= 4 is 17.4 Å². The summed E-state index contributed by atoms with van der Waals surface area (Å²) < 4.78 is 13.4. The molecule has 0 bridgehead atoms. The molecule has 0 saturated heterocycles. The molecule has 0 fully saturated rings. The number of ketones is 1. The summed E-state index contributed by atoms with van der Waals surface area (Å²) in [6.07, 6.45) is 0.117. The van der Waals surface area contributed by atoms with Crippen molar-refractivity contribution in [2.45, 2.75) is 27.2 Å². The minimum Gasteiger partial charge on any atom is -0.299 e. The minimum atomic E-state index is -0.367. The van der Waals surface area contributed by atoms with Gasteiger partial charge in [0.15, 0.2) is 0 Å². The van der Waals surface area contributed by atoms with Crippen LogP contribution in [0, 0.1) is 17.7 Å². The van der Waals surface area contributed by atoms with E-state index in [1.165, 1.54) is 18.2 Å². The molecule has 0 amide bonds. The van der Waals surface area contributed by atoms with Gasteiger partial charge in [-0.3, -0.25) is 4.79 Å². The van der Waals surface area contributed by atoms with E-state index in [9.17, 15) is 9.18 Å². The number of hydrogen-bond donors (Lipinski definition) is 0. The Labute approximate surface area is 101 Å². The van der Waals surface area contributed by atoms with Gasteiger partial charge in [0.25, 0.3) is 0 Å². The molecule has 0 radical (unpaired) electrons. The maximum Gasteiger partial charge on any atom is 0.140 e. The second-order valence-corrected chi connectivity index (χ2v) is 4.85. The zero-order chi connectivity index (χ0) is 12.3. The van der Waals surface area contributed by atoms with Gasteiger partial charge >= 0.3 is 0 Å². The third kappa shape index (κ3) is 3.31. The first-order valence-electron chi connectivity index (χ1n) is 5.38. The van der Waals surface area contributed by atoms with Crippen molar-refractivity contribution in [3.63, 3.8) is 0 Å². The minimum absolute atomic E-state index is 0.0520. The van der Waals surface area contributed by atoms with Gasteiger partial charge in [-0.15, -0.1) is 0 Å². The topological polar surface area (TPSA) is 17.1 Å². The van der Waals surface area contributed by atoms with E-state index in [2.05, 4.69) is 0 Å². The summed E-state index contributed by atoms with van der Waals surface area (Å²) in [5.74, 6) is -0.0991. The van der Waals surface area contributed by atoms with Crippen LogP contribution in [0.25, 0.3) is 0 Å². The van der Waals surface area contributed by atoms with Crippen LogP contribution in [0.15, 0.2) is 18.2 Å². The SMILES string of the molecule is CC(C)C(C)C(=O)Cc1cc(Cl)ccc1F. The lowest BCUT2D eigenvalue weighted by molar-refractivity contribution is -0.122.